The van der Waals surface area contributed by atoms with Gasteiger partial charge in [0.25, 0.3) is 5.91 Å². The number of rotatable bonds is 7. The van der Waals surface area contributed by atoms with Crippen molar-refractivity contribution in [2.24, 2.45) is 0 Å². The molecule has 1 aromatic heterocycles. The van der Waals surface area contributed by atoms with E-state index in [9.17, 15) is 18.0 Å². The van der Waals surface area contributed by atoms with E-state index in [4.69, 9.17) is 9.47 Å². The average molecular weight is 399 g/mol. The minimum Gasteiger partial charge on any atom is -0.484 e. The Kier molecular flexibility index (Phi) is 6.38. The van der Waals surface area contributed by atoms with Crippen molar-refractivity contribution in [3.05, 3.63) is 52.2 Å². The summed E-state index contributed by atoms with van der Waals surface area (Å²) in [5, 5.41) is 1.95. The first-order valence-corrected chi connectivity index (χ1v) is 9.51. The molecule has 4 nitrogen and oxygen atoms in total. The number of hydrogen-bond acceptors (Lipinski definition) is 4. The van der Waals surface area contributed by atoms with E-state index in [2.05, 4.69) is 0 Å². The van der Waals surface area contributed by atoms with Crippen LogP contribution in [0.2, 0.25) is 0 Å². The zero-order valence-corrected chi connectivity index (χ0v) is 15.4. The lowest BCUT2D eigenvalue weighted by atomic mass is 10.2. The number of hydrogen-bond donors (Lipinski definition) is 0. The molecular formula is C19H20F3NO3S. The molecule has 1 fully saturated rings. The third-order valence-corrected chi connectivity index (χ3v) is 5.13. The molecular weight excluding hydrogens is 379 g/mol. The van der Waals surface area contributed by atoms with E-state index in [1.54, 1.807) is 16.2 Å². The molecule has 146 valence electrons. The average Bonchev–Trinajstić information content (AvgIpc) is 3.33. The summed E-state index contributed by atoms with van der Waals surface area (Å²) in [4.78, 5) is 15.4. The van der Waals surface area contributed by atoms with Crippen molar-refractivity contribution < 1.29 is 27.4 Å². The van der Waals surface area contributed by atoms with E-state index in [1.807, 2.05) is 17.5 Å². The highest BCUT2D eigenvalue weighted by molar-refractivity contribution is 7.09. The molecule has 3 rings (SSSR count). The van der Waals surface area contributed by atoms with Gasteiger partial charge in [0.15, 0.2) is 6.61 Å². The molecule has 1 unspecified atom stereocenters. The maximum atomic E-state index is 12.6. The highest BCUT2D eigenvalue weighted by Gasteiger charge is 2.30. The predicted octanol–water partition coefficient (Wildman–Crippen LogP) is 4.35. The molecule has 1 atom stereocenters. The highest BCUT2D eigenvalue weighted by atomic mass is 32.1. The van der Waals surface area contributed by atoms with E-state index < -0.39 is 11.7 Å². The maximum Gasteiger partial charge on any atom is 0.416 e. The van der Waals surface area contributed by atoms with Crippen LogP contribution in [0, 0.1) is 0 Å². The summed E-state index contributed by atoms with van der Waals surface area (Å²) in [6.45, 7) is 1.41. The smallest absolute Gasteiger partial charge is 0.416 e. The molecule has 8 heteroatoms. The zero-order chi connectivity index (χ0) is 19.3. The Hall–Kier alpha value is -2.06. The van der Waals surface area contributed by atoms with E-state index in [-0.39, 0.29) is 24.4 Å². The summed E-state index contributed by atoms with van der Waals surface area (Å²) in [6.07, 6.45) is -2.49. The van der Waals surface area contributed by atoms with E-state index in [0.29, 0.717) is 19.7 Å². The number of carbonyl (C=O) groups is 1. The van der Waals surface area contributed by atoms with Crippen LogP contribution in [-0.2, 0) is 22.3 Å². The molecule has 1 saturated heterocycles. The lowest BCUT2D eigenvalue weighted by Crippen LogP contribution is -2.39. The third kappa shape index (κ3) is 5.71. The number of amides is 1. The van der Waals surface area contributed by atoms with Gasteiger partial charge < -0.3 is 14.4 Å². The number of carbonyl (C=O) groups excluding carboxylic acids is 1. The van der Waals surface area contributed by atoms with Crippen molar-refractivity contribution in [3.8, 4) is 5.75 Å². The van der Waals surface area contributed by atoms with E-state index in [1.165, 1.54) is 12.1 Å². The first-order valence-electron chi connectivity index (χ1n) is 8.63. The van der Waals surface area contributed by atoms with Crippen molar-refractivity contribution in [1.29, 1.82) is 0 Å². The van der Waals surface area contributed by atoms with Gasteiger partial charge in [0.05, 0.1) is 18.2 Å². The molecule has 0 radical (unpaired) electrons. The number of alkyl halides is 3. The van der Waals surface area contributed by atoms with Crippen molar-refractivity contribution in [3.63, 3.8) is 0 Å². The van der Waals surface area contributed by atoms with Crippen LogP contribution in [0.15, 0.2) is 41.8 Å². The minimum atomic E-state index is -4.40. The Morgan fingerprint density at radius 2 is 2.04 bits per heavy atom. The molecule has 1 aliphatic rings. The molecule has 0 spiro atoms. The summed E-state index contributed by atoms with van der Waals surface area (Å²) in [7, 11) is 0. The fraction of sp³-hybridized carbons (Fsp3) is 0.421. The predicted molar refractivity (Wildman–Crippen MR) is 95.6 cm³/mol. The van der Waals surface area contributed by atoms with E-state index in [0.717, 1.165) is 29.9 Å². The van der Waals surface area contributed by atoms with E-state index >= 15 is 0 Å². The van der Waals surface area contributed by atoms with Crippen LogP contribution in [0.5, 0.6) is 5.75 Å². The van der Waals surface area contributed by atoms with Gasteiger partial charge >= 0.3 is 6.18 Å². The summed E-state index contributed by atoms with van der Waals surface area (Å²) >= 11 is 1.56. The molecule has 27 heavy (non-hydrogen) atoms. The van der Waals surface area contributed by atoms with Gasteiger partial charge in [-0.05, 0) is 48.6 Å². The van der Waals surface area contributed by atoms with Crippen LogP contribution in [0.3, 0.4) is 0 Å². The molecule has 0 saturated carbocycles. The van der Waals surface area contributed by atoms with Crippen LogP contribution in [0.25, 0.3) is 0 Å². The molecule has 1 aromatic carbocycles. The van der Waals surface area contributed by atoms with Crippen molar-refractivity contribution in [1.82, 2.24) is 4.90 Å². The van der Waals surface area contributed by atoms with Gasteiger partial charge in [0, 0.05) is 18.0 Å². The second kappa shape index (κ2) is 8.75. The molecule has 1 amide bonds. The van der Waals surface area contributed by atoms with Crippen LogP contribution in [0.4, 0.5) is 13.2 Å². The van der Waals surface area contributed by atoms with Gasteiger partial charge in [-0.3, -0.25) is 4.79 Å². The summed E-state index contributed by atoms with van der Waals surface area (Å²) in [5.41, 5.74) is -0.751. The Morgan fingerprint density at radius 3 is 2.63 bits per heavy atom. The molecule has 2 heterocycles. The SMILES string of the molecule is O=C(COc1ccc(C(F)(F)F)cc1)N(Cc1cccs1)CC1CCCO1. The molecule has 0 N–H and O–H groups in total. The van der Waals surface area contributed by atoms with Crippen LogP contribution >= 0.6 is 11.3 Å². The summed E-state index contributed by atoms with van der Waals surface area (Å²) in [6, 6.07) is 8.20. The first-order chi connectivity index (χ1) is 12.9. The number of halogens is 3. The van der Waals surface area contributed by atoms with Crippen LogP contribution < -0.4 is 4.74 Å². The third-order valence-electron chi connectivity index (χ3n) is 4.27. The number of ether oxygens (including phenoxy) is 2. The Morgan fingerprint density at radius 1 is 1.26 bits per heavy atom. The number of thiophene rings is 1. The van der Waals surface area contributed by atoms with Gasteiger partial charge in [0.1, 0.15) is 5.75 Å². The second-order valence-electron chi connectivity index (χ2n) is 6.30. The largest absolute Gasteiger partial charge is 0.484 e. The van der Waals surface area contributed by atoms with Crippen LogP contribution in [-0.4, -0.2) is 36.7 Å². The van der Waals surface area contributed by atoms with Gasteiger partial charge in [-0.2, -0.15) is 13.2 Å². The number of nitrogens with zero attached hydrogens (tertiary/aromatic N) is 1. The van der Waals surface area contributed by atoms with Gasteiger partial charge in [-0.15, -0.1) is 11.3 Å². The fourth-order valence-electron chi connectivity index (χ4n) is 2.86. The zero-order valence-electron chi connectivity index (χ0n) is 14.6. The second-order valence-corrected chi connectivity index (χ2v) is 7.33. The van der Waals surface area contributed by atoms with Crippen LogP contribution in [0.1, 0.15) is 23.3 Å². The minimum absolute atomic E-state index is 0.0139. The van der Waals surface area contributed by atoms with Gasteiger partial charge in [-0.1, -0.05) is 6.07 Å². The quantitative estimate of drug-likeness (QED) is 0.695. The summed E-state index contributed by atoms with van der Waals surface area (Å²) < 4.78 is 48.8. The lowest BCUT2D eigenvalue weighted by molar-refractivity contribution is -0.138. The standard InChI is InChI=1S/C19H20F3NO3S/c20-19(21,22)14-5-7-15(8-6-14)26-13-18(24)23(11-16-3-1-9-25-16)12-17-4-2-10-27-17/h2,4-8,10,16H,1,3,9,11-13H2. The monoisotopic (exact) mass is 399 g/mol. The van der Waals surface area contributed by atoms with Crippen molar-refractivity contribution >= 4 is 17.2 Å². The normalized spacial score (nSPS) is 17.1. The Balaban J connectivity index is 1.59. The topological polar surface area (TPSA) is 38.8 Å². The fourth-order valence-corrected chi connectivity index (χ4v) is 3.58. The highest BCUT2D eigenvalue weighted by Crippen LogP contribution is 2.30. The van der Waals surface area contributed by atoms with Crippen molar-refractivity contribution in [2.45, 2.75) is 31.7 Å². The number of benzene rings is 1. The maximum absolute atomic E-state index is 12.6. The summed E-state index contributed by atoms with van der Waals surface area (Å²) in [5.74, 6) is 0.00309. The molecule has 0 aliphatic carbocycles. The Labute approximate surface area is 159 Å². The molecule has 2 aromatic rings. The molecule has 0 bridgehead atoms. The lowest BCUT2D eigenvalue weighted by Gasteiger charge is -2.25. The van der Waals surface area contributed by atoms with Gasteiger partial charge in [0.2, 0.25) is 0 Å². The van der Waals surface area contributed by atoms with Crippen molar-refractivity contribution in [2.75, 3.05) is 19.8 Å². The molecule has 1 aliphatic heterocycles. The Bertz CT molecular complexity index is 726. The first kappa shape index (κ1) is 19.7. The van der Waals surface area contributed by atoms with Gasteiger partial charge in [-0.25, -0.2) is 0 Å².